The van der Waals surface area contributed by atoms with Gasteiger partial charge >= 0.3 is 12.1 Å². The van der Waals surface area contributed by atoms with Crippen LogP contribution in [-0.2, 0) is 28.5 Å². The Hall–Kier alpha value is -3.55. The van der Waals surface area contributed by atoms with Gasteiger partial charge in [0.25, 0.3) is 5.91 Å². The third kappa shape index (κ3) is 5.17. The molecule has 4 rings (SSSR count). The number of anilines is 1. The summed E-state index contributed by atoms with van der Waals surface area (Å²) in [5, 5.41) is 12.5. The Morgan fingerprint density at radius 3 is 2.67 bits per heavy atom. The fraction of sp³-hybridized carbons (Fsp3) is 0.240. The predicted molar refractivity (Wildman–Crippen MR) is 129 cm³/mol. The molecule has 3 aromatic rings. The van der Waals surface area contributed by atoms with Crippen LogP contribution in [0.5, 0.6) is 0 Å². The lowest BCUT2D eigenvalue weighted by molar-refractivity contribution is -0.137. The molecular formula is C25H18ClF3N2O4S. The predicted octanol–water partition coefficient (Wildman–Crippen LogP) is 6.89. The zero-order valence-corrected chi connectivity index (χ0v) is 20.4. The lowest BCUT2D eigenvalue weighted by atomic mass is 9.95. The van der Waals surface area contributed by atoms with E-state index in [1.165, 1.54) is 30.6 Å². The number of carbonyl (C=O) groups excluding carboxylic acids is 2. The van der Waals surface area contributed by atoms with E-state index in [2.05, 4.69) is 5.32 Å². The fourth-order valence-corrected chi connectivity index (χ4v) is 5.38. The summed E-state index contributed by atoms with van der Waals surface area (Å²) in [5.41, 5.74) is -0.0615. The van der Waals surface area contributed by atoms with Gasteiger partial charge in [-0.05, 0) is 61.6 Å². The van der Waals surface area contributed by atoms with Crippen molar-refractivity contribution in [3.8, 4) is 17.4 Å². The van der Waals surface area contributed by atoms with Crippen molar-refractivity contribution < 1.29 is 31.9 Å². The maximum atomic E-state index is 13.1. The van der Waals surface area contributed by atoms with E-state index in [9.17, 15) is 28.0 Å². The lowest BCUT2D eigenvalue weighted by Crippen LogP contribution is -2.16. The molecule has 36 heavy (non-hydrogen) atoms. The Labute approximate surface area is 212 Å². The van der Waals surface area contributed by atoms with E-state index in [0.717, 1.165) is 54.0 Å². The van der Waals surface area contributed by atoms with Gasteiger partial charge in [0.05, 0.1) is 23.3 Å². The number of nitrogens with one attached hydrogen (secondary N) is 1. The summed E-state index contributed by atoms with van der Waals surface area (Å²) in [4.78, 5) is 26.3. The summed E-state index contributed by atoms with van der Waals surface area (Å²) in [7, 11) is 1.26. The number of benzene rings is 1. The first kappa shape index (κ1) is 25.5. The highest BCUT2D eigenvalue weighted by Gasteiger charge is 2.31. The molecule has 0 aliphatic heterocycles. The van der Waals surface area contributed by atoms with Crippen LogP contribution in [0.15, 0.2) is 40.3 Å². The van der Waals surface area contributed by atoms with Crippen molar-refractivity contribution in [2.45, 2.75) is 31.9 Å². The molecule has 0 atom stereocenters. The van der Waals surface area contributed by atoms with Crippen LogP contribution in [0, 0.1) is 11.3 Å². The number of alkyl halides is 3. The summed E-state index contributed by atoms with van der Waals surface area (Å²) in [6.45, 7) is 0. The second-order valence-corrected chi connectivity index (χ2v) is 9.44. The number of halogens is 4. The Kier molecular flexibility index (Phi) is 7.24. The Bertz CT molecular complexity index is 1420. The second-order valence-electron chi connectivity index (χ2n) is 7.92. The molecule has 1 aliphatic carbocycles. The minimum absolute atomic E-state index is 0.0148. The summed E-state index contributed by atoms with van der Waals surface area (Å²) >= 11 is 7.34. The number of rotatable bonds is 5. The highest BCUT2D eigenvalue weighted by Crippen LogP contribution is 2.39. The average Bonchev–Trinajstić information content (AvgIpc) is 3.45. The highest BCUT2D eigenvalue weighted by atomic mass is 35.5. The molecule has 0 bridgehead atoms. The molecule has 0 saturated carbocycles. The number of amides is 1. The van der Waals surface area contributed by atoms with Gasteiger partial charge in [0.2, 0.25) is 0 Å². The fourth-order valence-electron chi connectivity index (χ4n) is 3.90. The number of furan rings is 1. The molecular weight excluding hydrogens is 517 g/mol. The molecule has 0 spiro atoms. The summed E-state index contributed by atoms with van der Waals surface area (Å²) in [6, 6.07) is 7.42. The molecule has 186 valence electrons. The van der Waals surface area contributed by atoms with Crippen LogP contribution >= 0.6 is 22.9 Å². The van der Waals surface area contributed by atoms with Gasteiger partial charge in [-0.3, -0.25) is 4.79 Å². The maximum absolute atomic E-state index is 13.1. The topological polar surface area (TPSA) is 92.3 Å². The van der Waals surface area contributed by atoms with Gasteiger partial charge in [-0.2, -0.15) is 18.4 Å². The van der Waals surface area contributed by atoms with Crippen molar-refractivity contribution in [2.24, 2.45) is 0 Å². The first-order chi connectivity index (χ1) is 17.1. The van der Waals surface area contributed by atoms with Gasteiger partial charge in [-0.25, -0.2) is 4.79 Å². The third-order valence-electron chi connectivity index (χ3n) is 5.63. The number of aryl methyl sites for hydroxylation is 1. The van der Waals surface area contributed by atoms with Gasteiger partial charge in [-0.1, -0.05) is 11.6 Å². The van der Waals surface area contributed by atoms with Gasteiger partial charge in [-0.15, -0.1) is 11.3 Å². The van der Waals surface area contributed by atoms with E-state index in [0.29, 0.717) is 17.0 Å². The van der Waals surface area contributed by atoms with Crippen molar-refractivity contribution in [3.05, 3.63) is 68.3 Å². The van der Waals surface area contributed by atoms with Crippen molar-refractivity contribution in [1.29, 1.82) is 5.26 Å². The van der Waals surface area contributed by atoms with Crippen LogP contribution in [0.4, 0.5) is 18.2 Å². The first-order valence-electron chi connectivity index (χ1n) is 10.7. The quantitative estimate of drug-likeness (QED) is 0.218. The number of carbonyl (C=O) groups is 2. The zero-order valence-electron chi connectivity index (χ0n) is 18.8. The molecule has 0 fully saturated rings. The average molecular weight is 535 g/mol. The second kappa shape index (κ2) is 10.2. The van der Waals surface area contributed by atoms with Crippen LogP contribution in [0.2, 0.25) is 5.02 Å². The normalized spacial score (nSPS) is 13.6. The van der Waals surface area contributed by atoms with Gasteiger partial charge in [0.15, 0.2) is 0 Å². The molecule has 0 unspecified atom stereocenters. The first-order valence-corrected chi connectivity index (χ1v) is 11.9. The number of ether oxygens (including phenoxy) is 1. The molecule has 0 saturated heterocycles. The lowest BCUT2D eigenvalue weighted by Gasteiger charge is -2.11. The Morgan fingerprint density at radius 1 is 1.22 bits per heavy atom. The maximum Gasteiger partial charge on any atom is 0.416 e. The van der Waals surface area contributed by atoms with Crippen LogP contribution in [0.3, 0.4) is 0 Å². The number of hydrogen-bond acceptors (Lipinski definition) is 6. The molecule has 6 nitrogen and oxygen atoms in total. The summed E-state index contributed by atoms with van der Waals surface area (Å²) in [5.74, 6) is -1.24. The molecule has 0 radical (unpaired) electrons. The van der Waals surface area contributed by atoms with Crippen LogP contribution in [-0.4, -0.2) is 19.0 Å². The molecule has 2 heterocycles. The van der Waals surface area contributed by atoms with E-state index >= 15 is 0 Å². The van der Waals surface area contributed by atoms with E-state index in [1.54, 1.807) is 6.07 Å². The molecule has 2 aromatic heterocycles. The van der Waals surface area contributed by atoms with E-state index in [4.69, 9.17) is 20.8 Å². The van der Waals surface area contributed by atoms with E-state index < -0.39 is 23.6 Å². The molecule has 1 aromatic carbocycles. The Balaban J connectivity index is 1.61. The zero-order chi connectivity index (χ0) is 26.0. The van der Waals surface area contributed by atoms with Crippen LogP contribution in [0.1, 0.15) is 45.0 Å². The van der Waals surface area contributed by atoms with Crippen molar-refractivity contribution in [3.63, 3.8) is 0 Å². The number of thiophene rings is 1. The van der Waals surface area contributed by atoms with E-state index in [1.807, 2.05) is 0 Å². The standard InChI is InChI=1S/C25H18ClF3N2O4S/c1-34-24(33)21-16-4-2-3-5-20(16)36-23(21)31-22(32)13(12-30)10-15-7-9-19(35-15)17-11-14(25(27,28)29)6-8-18(17)26/h6-11H,2-5H2,1H3,(H,31,32)/b13-10+. The highest BCUT2D eigenvalue weighted by molar-refractivity contribution is 7.17. The minimum Gasteiger partial charge on any atom is -0.465 e. The number of methoxy groups -OCH3 is 1. The molecule has 11 heteroatoms. The Morgan fingerprint density at radius 2 is 1.97 bits per heavy atom. The molecule has 1 N–H and O–H groups in total. The molecule has 1 aliphatic rings. The van der Waals surface area contributed by atoms with Gasteiger partial charge in [0.1, 0.15) is 28.2 Å². The number of nitriles is 1. The van der Waals surface area contributed by atoms with Crippen molar-refractivity contribution in [1.82, 2.24) is 0 Å². The molecule has 1 amide bonds. The minimum atomic E-state index is -4.56. The largest absolute Gasteiger partial charge is 0.465 e. The van der Waals surface area contributed by atoms with Crippen LogP contribution < -0.4 is 5.32 Å². The SMILES string of the molecule is COC(=O)c1c(NC(=O)/C(C#N)=C/c2ccc(-c3cc(C(F)(F)F)ccc3Cl)o2)sc2c1CCCC2. The smallest absolute Gasteiger partial charge is 0.416 e. The monoisotopic (exact) mass is 534 g/mol. The summed E-state index contributed by atoms with van der Waals surface area (Å²) in [6.07, 6.45) is -0.0341. The third-order valence-corrected chi connectivity index (χ3v) is 7.16. The van der Waals surface area contributed by atoms with Gasteiger partial charge in [0, 0.05) is 16.5 Å². The summed E-state index contributed by atoms with van der Waals surface area (Å²) < 4.78 is 49.7. The van der Waals surface area contributed by atoms with Crippen LogP contribution in [0.25, 0.3) is 17.4 Å². The van der Waals surface area contributed by atoms with Crippen molar-refractivity contribution in [2.75, 3.05) is 12.4 Å². The number of hydrogen-bond donors (Lipinski definition) is 1. The van der Waals surface area contributed by atoms with E-state index in [-0.39, 0.29) is 27.7 Å². The number of nitrogens with zero attached hydrogens (tertiary/aromatic N) is 1. The van der Waals surface area contributed by atoms with Gasteiger partial charge < -0.3 is 14.5 Å². The van der Waals surface area contributed by atoms with Crippen molar-refractivity contribution >= 4 is 45.9 Å². The number of esters is 1. The number of fused-ring (bicyclic) bond motifs is 1.